The number of halogens is 1. The van der Waals surface area contributed by atoms with E-state index in [1.807, 2.05) is 6.92 Å². The van der Waals surface area contributed by atoms with Gasteiger partial charge < -0.3 is 5.11 Å². The third-order valence-corrected chi connectivity index (χ3v) is 2.52. The van der Waals surface area contributed by atoms with Gasteiger partial charge in [0, 0.05) is 18.3 Å². The average molecular weight is 234 g/mol. The van der Waals surface area contributed by atoms with Crippen molar-refractivity contribution in [2.75, 3.05) is 0 Å². The minimum Gasteiger partial charge on any atom is -0.478 e. The smallest absolute Gasteiger partial charge is 0.338 e. The van der Waals surface area contributed by atoms with Gasteiger partial charge in [-0.1, -0.05) is 6.07 Å². The molecule has 0 bridgehead atoms. The van der Waals surface area contributed by atoms with Gasteiger partial charge in [-0.25, -0.2) is 9.18 Å². The number of rotatable bonds is 3. The zero-order chi connectivity index (χ0) is 12.4. The first-order valence-electron chi connectivity index (χ1n) is 5.19. The molecule has 1 heterocycles. The fourth-order valence-corrected chi connectivity index (χ4v) is 1.71. The molecule has 17 heavy (non-hydrogen) atoms. The van der Waals surface area contributed by atoms with Crippen molar-refractivity contribution in [2.24, 2.45) is 0 Å². The maximum atomic E-state index is 14.0. The lowest BCUT2D eigenvalue weighted by Crippen LogP contribution is -2.04. The summed E-state index contributed by atoms with van der Waals surface area (Å²) in [4.78, 5) is 10.8. The van der Waals surface area contributed by atoms with E-state index in [9.17, 15) is 9.18 Å². The van der Waals surface area contributed by atoms with Crippen molar-refractivity contribution in [1.29, 1.82) is 0 Å². The second kappa shape index (κ2) is 4.37. The van der Waals surface area contributed by atoms with Crippen LogP contribution in [0, 0.1) is 5.82 Å². The van der Waals surface area contributed by atoms with Crippen molar-refractivity contribution in [3.8, 4) is 11.3 Å². The zero-order valence-corrected chi connectivity index (χ0v) is 9.22. The lowest BCUT2D eigenvalue weighted by atomic mass is 10.1. The maximum absolute atomic E-state index is 14.0. The highest BCUT2D eigenvalue weighted by molar-refractivity contribution is 5.89. The lowest BCUT2D eigenvalue weighted by molar-refractivity contribution is 0.0692. The summed E-state index contributed by atoms with van der Waals surface area (Å²) >= 11 is 0. The number of carbonyl (C=O) groups is 1. The number of benzene rings is 1. The highest BCUT2D eigenvalue weighted by Gasteiger charge is 2.16. The summed E-state index contributed by atoms with van der Waals surface area (Å²) in [5, 5.41) is 12.9. The molecule has 0 aliphatic rings. The van der Waals surface area contributed by atoms with Gasteiger partial charge in [-0.05, 0) is 25.1 Å². The van der Waals surface area contributed by atoms with Crippen LogP contribution in [0.3, 0.4) is 0 Å². The van der Waals surface area contributed by atoms with Crippen LogP contribution < -0.4 is 0 Å². The predicted octanol–water partition coefficient (Wildman–Crippen LogP) is 2.41. The molecule has 0 saturated carbocycles. The second-order valence-electron chi connectivity index (χ2n) is 3.50. The quantitative estimate of drug-likeness (QED) is 0.887. The van der Waals surface area contributed by atoms with E-state index in [-0.39, 0.29) is 11.1 Å². The van der Waals surface area contributed by atoms with Crippen molar-refractivity contribution < 1.29 is 14.3 Å². The molecule has 2 rings (SSSR count). The van der Waals surface area contributed by atoms with Gasteiger partial charge in [-0.15, -0.1) is 0 Å². The lowest BCUT2D eigenvalue weighted by Gasteiger charge is -2.07. The van der Waals surface area contributed by atoms with Crippen molar-refractivity contribution in [2.45, 2.75) is 13.5 Å². The first-order valence-corrected chi connectivity index (χ1v) is 5.19. The van der Waals surface area contributed by atoms with E-state index >= 15 is 0 Å². The Bertz CT molecular complexity index is 563. The van der Waals surface area contributed by atoms with Crippen LogP contribution in [-0.4, -0.2) is 20.9 Å². The SMILES string of the molecule is CCn1nccc1-c1cccc(C(=O)O)c1F. The number of aryl methyl sites for hydroxylation is 1. The summed E-state index contributed by atoms with van der Waals surface area (Å²) in [6.07, 6.45) is 1.56. The highest BCUT2D eigenvalue weighted by atomic mass is 19.1. The number of aromatic carboxylic acids is 1. The number of hydrogen-bond acceptors (Lipinski definition) is 2. The van der Waals surface area contributed by atoms with Gasteiger partial charge in [0.2, 0.25) is 0 Å². The summed E-state index contributed by atoms with van der Waals surface area (Å²) in [5.41, 5.74) is 0.503. The molecule has 1 aromatic carbocycles. The van der Waals surface area contributed by atoms with E-state index in [2.05, 4.69) is 5.10 Å². The molecule has 0 amide bonds. The minimum atomic E-state index is -1.27. The summed E-state index contributed by atoms with van der Waals surface area (Å²) < 4.78 is 15.6. The fourth-order valence-electron chi connectivity index (χ4n) is 1.71. The summed E-state index contributed by atoms with van der Waals surface area (Å²) in [5.74, 6) is -2.00. The van der Waals surface area contributed by atoms with Gasteiger partial charge in [-0.3, -0.25) is 4.68 Å². The minimum absolute atomic E-state index is 0.254. The van der Waals surface area contributed by atoms with Gasteiger partial charge >= 0.3 is 5.97 Å². The summed E-state index contributed by atoms with van der Waals surface area (Å²) in [6, 6.07) is 5.97. The molecule has 0 saturated heterocycles. The average Bonchev–Trinajstić information content (AvgIpc) is 2.76. The van der Waals surface area contributed by atoms with Crippen LogP contribution >= 0.6 is 0 Å². The number of carboxylic acids is 1. The van der Waals surface area contributed by atoms with Gasteiger partial charge in [0.15, 0.2) is 0 Å². The topological polar surface area (TPSA) is 55.1 Å². The molecule has 1 aromatic heterocycles. The number of hydrogen-bond donors (Lipinski definition) is 1. The molecule has 5 heteroatoms. The van der Waals surface area contributed by atoms with Gasteiger partial charge in [0.25, 0.3) is 0 Å². The van der Waals surface area contributed by atoms with Gasteiger partial charge in [0.1, 0.15) is 5.82 Å². The van der Waals surface area contributed by atoms with Crippen LogP contribution in [0.5, 0.6) is 0 Å². The van der Waals surface area contributed by atoms with E-state index in [1.54, 1.807) is 23.0 Å². The van der Waals surface area contributed by atoms with Crippen LogP contribution in [0.2, 0.25) is 0 Å². The molecule has 4 nitrogen and oxygen atoms in total. The predicted molar refractivity (Wildman–Crippen MR) is 60.3 cm³/mol. The maximum Gasteiger partial charge on any atom is 0.338 e. The number of aromatic nitrogens is 2. The Morgan fingerprint density at radius 3 is 2.88 bits per heavy atom. The molecule has 1 N–H and O–H groups in total. The first-order chi connectivity index (χ1) is 8.15. The molecule has 0 aliphatic carbocycles. The fraction of sp³-hybridized carbons (Fsp3) is 0.167. The molecule has 88 valence electrons. The van der Waals surface area contributed by atoms with Crippen LogP contribution in [0.15, 0.2) is 30.5 Å². The Morgan fingerprint density at radius 1 is 1.47 bits per heavy atom. The number of nitrogens with zero attached hydrogens (tertiary/aromatic N) is 2. The third-order valence-electron chi connectivity index (χ3n) is 2.52. The Morgan fingerprint density at radius 2 is 2.24 bits per heavy atom. The second-order valence-corrected chi connectivity index (χ2v) is 3.50. The van der Waals surface area contributed by atoms with Crippen LogP contribution in [0.4, 0.5) is 4.39 Å². The number of carboxylic acid groups (broad SMARTS) is 1. The molecular formula is C12H11FN2O2. The van der Waals surface area contributed by atoms with E-state index < -0.39 is 11.8 Å². The molecule has 0 spiro atoms. The normalized spacial score (nSPS) is 10.5. The molecular weight excluding hydrogens is 223 g/mol. The Balaban J connectivity index is 2.60. The largest absolute Gasteiger partial charge is 0.478 e. The zero-order valence-electron chi connectivity index (χ0n) is 9.22. The molecule has 0 atom stereocenters. The van der Waals surface area contributed by atoms with E-state index in [4.69, 9.17) is 5.11 Å². The van der Waals surface area contributed by atoms with E-state index in [0.717, 1.165) is 0 Å². The van der Waals surface area contributed by atoms with Crippen LogP contribution in [-0.2, 0) is 6.54 Å². The summed E-state index contributed by atoms with van der Waals surface area (Å²) in [6.45, 7) is 2.48. The molecule has 0 unspecified atom stereocenters. The van der Waals surface area contributed by atoms with E-state index in [0.29, 0.717) is 12.2 Å². The van der Waals surface area contributed by atoms with Crippen molar-refractivity contribution in [3.05, 3.63) is 41.8 Å². The van der Waals surface area contributed by atoms with Crippen molar-refractivity contribution >= 4 is 5.97 Å². The standard InChI is InChI=1S/C12H11FN2O2/c1-2-15-10(6-7-14-15)8-4-3-5-9(11(8)13)12(16)17/h3-7H,2H2,1H3,(H,16,17). The Kier molecular flexibility index (Phi) is 2.91. The van der Waals surface area contributed by atoms with Crippen LogP contribution in [0.25, 0.3) is 11.3 Å². The van der Waals surface area contributed by atoms with Gasteiger partial charge in [0.05, 0.1) is 11.3 Å². The van der Waals surface area contributed by atoms with Crippen LogP contribution in [0.1, 0.15) is 17.3 Å². The monoisotopic (exact) mass is 234 g/mol. The third kappa shape index (κ3) is 1.91. The highest BCUT2D eigenvalue weighted by Crippen LogP contribution is 2.24. The van der Waals surface area contributed by atoms with Gasteiger partial charge in [-0.2, -0.15) is 5.10 Å². The molecule has 0 fully saturated rings. The summed E-state index contributed by atoms with van der Waals surface area (Å²) in [7, 11) is 0. The van der Waals surface area contributed by atoms with E-state index in [1.165, 1.54) is 12.1 Å². The first kappa shape index (κ1) is 11.3. The molecule has 0 radical (unpaired) electrons. The molecule has 2 aromatic rings. The molecule has 0 aliphatic heterocycles. The Labute approximate surface area is 97.3 Å². The van der Waals surface area contributed by atoms with Crippen molar-refractivity contribution in [3.63, 3.8) is 0 Å². The van der Waals surface area contributed by atoms with Crippen molar-refractivity contribution in [1.82, 2.24) is 9.78 Å². The Hall–Kier alpha value is -2.17.